The van der Waals surface area contributed by atoms with Crippen LogP contribution in [0.1, 0.15) is 77.2 Å². The summed E-state index contributed by atoms with van der Waals surface area (Å²) in [5, 5.41) is 19.6. The first-order valence-electron chi connectivity index (χ1n) is 14.3. The molecule has 4 aliphatic carbocycles. The monoisotopic (exact) mass is 511 g/mol. The van der Waals surface area contributed by atoms with Gasteiger partial charge in [0.2, 0.25) is 0 Å². The molecular formula is C30H42FN3O3. The molecule has 7 heteroatoms. The molecule has 0 saturated heterocycles. The van der Waals surface area contributed by atoms with Crippen LogP contribution in [0.5, 0.6) is 0 Å². The van der Waals surface area contributed by atoms with Crippen LogP contribution >= 0.6 is 0 Å². The van der Waals surface area contributed by atoms with E-state index in [1.807, 2.05) is 27.0 Å². The molecule has 0 spiro atoms. The summed E-state index contributed by atoms with van der Waals surface area (Å²) in [6.07, 6.45) is 9.35. The molecule has 6 rings (SSSR count). The van der Waals surface area contributed by atoms with Gasteiger partial charge < -0.3 is 9.84 Å². The predicted molar refractivity (Wildman–Crippen MR) is 139 cm³/mol. The fourth-order valence-electron chi connectivity index (χ4n) is 9.79. The van der Waals surface area contributed by atoms with Crippen molar-refractivity contribution in [2.24, 2.45) is 40.4 Å². The van der Waals surface area contributed by atoms with Crippen molar-refractivity contribution >= 4 is 16.8 Å². The number of aryl methyl sites for hydroxylation is 1. The van der Waals surface area contributed by atoms with Crippen molar-refractivity contribution in [1.82, 2.24) is 15.0 Å². The second kappa shape index (κ2) is 8.84. The topological polar surface area (TPSA) is 77.2 Å². The Morgan fingerprint density at radius 2 is 1.92 bits per heavy atom. The molecule has 0 bridgehead atoms. The minimum atomic E-state index is -0.560. The highest BCUT2D eigenvalue weighted by atomic mass is 19.1. The van der Waals surface area contributed by atoms with Crippen molar-refractivity contribution in [3.05, 3.63) is 23.5 Å². The third-order valence-electron chi connectivity index (χ3n) is 11.4. The maximum Gasteiger partial charge on any atom is 0.159 e. The first kappa shape index (κ1) is 25.4. The first-order chi connectivity index (χ1) is 17.6. The van der Waals surface area contributed by atoms with Crippen LogP contribution in [0.3, 0.4) is 0 Å². The van der Waals surface area contributed by atoms with Crippen LogP contribution in [0, 0.1) is 53.2 Å². The Morgan fingerprint density at radius 1 is 1.11 bits per heavy atom. The summed E-state index contributed by atoms with van der Waals surface area (Å²) in [6.45, 7) is 7.10. The zero-order chi connectivity index (χ0) is 26.2. The Balaban J connectivity index is 1.22. The third kappa shape index (κ3) is 3.98. The second-order valence-electron chi connectivity index (χ2n) is 13.5. The number of aromatic nitrogens is 3. The normalized spacial score (nSPS) is 41.3. The summed E-state index contributed by atoms with van der Waals surface area (Å²) >= 11 is 0. The number of methoxy groups -OCH3 is 1. The van der Waals surface area contributed by atoms with Gasteiger partial charge in [-0.1, -0.05) is 6.92 Å². The van der Waals surface area contributed by atoms with E-state index in [1.165, 1.54) is 17.3 Å². The number of aliphatic hydroxyl groups is 1. The number of carbonyl (C=O) groups is 1. The van der Waals surface area contributed by atoms with Crippen LogP contribution in [0.4, 0.5) is 4.39 Å². The molecular weight excluding hydrogens is 469 g/mol. The smallest absolute Gasteiger partial charge is 0.159 e. The zero-order valence-electron chi connectivity index (χ0n) is 22.8. The maximum absolute atomic E-state index is 14.4. The number of ether oxygens (including phenoxy) is 1. The number of hydrogen-bond acceptors (Lipinski definition) is 5. The Morgan fingerprint density at radius 3 is 2.70 bits per heavy atom. The highest BCUT2D eigenvalue weighted by Crippen LogP contribution is 2.68. The van der Waals surface area contributed by atoms with E-state index in [2.05, 4.69) is 17.1 Å². The lowest BCUT2D eigenvalue weighted by atomic mass is 9.43. The van der Waals surface area contributed by atoms with Gasteiger partial charge in [0.25, 0.3) is 0 Å². The summed E-state index contributed by atoms with van der Waals surface area (Å²) < 4.78 is 20.2. The largest absolute Gasteiger partial charge is 0.390 e. The highest BCUT2D eigenvalue weighted by molar-refractivity contribution is 5.82. The van der Waals surface area contributed by atoms with Crippen LogP contribution < -0.4 is 0 Å². The molecule has 6 nitrogen and oxygen atoms in total. The molecule has 37 heavy (non-hydrogen) atoms. The summed E-state index contributed by atoms with van der Waals surface area (Å²) in [6, 6.07) is 3.28. The fraction of sp³-hybridized carbons (Fsp3) is 0.767. The maximum atomic E-state index is 14.4. The zero-order valence-corrected chi connectivity index (χ0v) is 22.8. The van der Waals surface area contributed by atoms with Gasteiger partial charge in [0.1, 0.15) is 17.6 Å². The van der Waals surface area contributed by atoms with Crippen molar-refractivity contribution in [2.45, 2.75) is 90.7 Å². The quantitative estimate of drug-likeness (QED) is 0.575. The molecule has 4 saturated carbocycles. The van der Waals surface area contributed by atoms with Gasteiger partial charge in [-0.25, -0.2) is 4.39 Å². The van der Waals surface area contributed by atoms with Gasteiger partial charge in [-0.3, -0.25) is 4.79 Å². The van der Waals surface area contributed by atoms with Crippen molar-refractivity contribution in [2.75, 3.05) is 13.7 Å². The molecule has 0 amide bonds. The van der Waals surface area contributed by atoms with E-state index in [0.29, 0.717) is 29.2 Å². The third-order valence-corrected chi connectivity index (χ3v) is 11.4. The number of Topliss-reactive ketones (excluding diaryl/α,β-unsaturated/α-hetero) is 1. The molecule has 1 N–H and O–H groups in total. The number of ketones is 1. The number of halogens is 1. The van der Waals surface area contributed by atoms with Gasteiger partial charge in [0, 0.05) is 13.0 Å². The summed E-state index contributed by atoms with van der Waals surface area (Å²) in [7, 11) is 1.83. The van der Waals surface area contributed by atoms with Crippen molar-refractivity contribution in [3.8, 4) is 0 Å². The minimum Gasteiger partial charge on any atom is -0.390 e. The van der Waals surface area contributed by atoms with Crippen molar-refractivity contribution in [1.29, 1.82) is 0 Å². The molecule has 0 unspecified atom stereocenters. The highest BCUT2D eigenvalue weighted by Gasteiger charge is 2.63. The van der Waals surface area contributed by atoms with Gasteiger partial charge in [-0.15, -0.1) is 5.10 Å². The van der Waals surface area contributed by atoms with E-state index >= 15 is 0 Å². The first-order valence-corrected chi connectivity index (χ1v) is 14.3. The molecule has 2 aromatic rings. The molecule has 1 aromatic heterocycles. The average molecular weight is 512 g/mol. The molecule has 1 heterocycles. The van der Waals surface area contributed by atoms with Gasteiger partial charge in [-0.05, 0) is 124 Å². The van der Waals surface area contributed by atoms with Crippen LogP contribution in [0.15, 0.2) is 12.1 Å². The van der Waals surface area contributed by atoms with E-state index in [9.17, 15) is 14.3 Å². The lowest BCUT2D eigenvalue weighted by molar-refractivity contribution is -0.175. The standard InChI is InChI=1S/C30H42FN3O3/c1-18-13-24(31)27-25(14-18)32-34(33-27)16-26(35)23-8-7-21-20-6-5-19-15-28(2,36)11-12-30(19,17-37-4)22(20)9-10-29(21,23)3/h13-14,19-23,36H,5-12,15-17H2,1-4H3/t19-,20-,21-,22-,23+,28+,29-,30+/m0/s1. The summed E-state index contributed by atoms with van der Waals surface area (Å²) in [5.41, 5.74) is 1.14. The van der Waals surface area contributed by atoms with E-state index in [0.717, 1.165) is 63.5 Å². The fourth-order valence-corrected chi connectivity index (χ4v) is 9.79. The van der Waals surface area contributed by atoms with Gasteiger partial charge in [-0.2, -0.15) is 9.90 Å². The number of fused-ring (bicyclic) bond motifs is 6. The van der Waals surface area contributed by atoms with Crippen LogP contribution in [-0.2, 0) is 16.1 Å². The number of nitrogens with zero attached hydrogens (tertiary/aromatic N) is 3. The Kier molecular flexibility index (Phi) is 6.07. The van der Waals surface area contributed by atoms with Gasteiger partial charge >= 0.3 is 0 Å². The number of benzene rings is 1. The molecule has 8 atom stereocenters. The van der Waals surface area contributed by atoms with E-state index < -0.39 is 5.60 Å². The minimum absolute atomic E-state index is 0.00216. The average Bonchev–Trinajstić information content (AvgIpc) is 3.39. The predicted octanol–water partition coefficient (Wildman–Crippen LogP) is 5.48. The van der Waals surface area contributed by atoms with Crippen molar-refractivity contribution in [3.63, 3.8) is 0 Å². The number of hydrogen-bond donors (Lipinski definition) is 1. The summed E-state index contributed by atoms with van der Waals surface area (Å²) in [4.78, 5) is 15.1. The van der Waals surface area contributed by atoms with Gasteiger partial charge in [0.15, 0.2) is 11.6 Å². The Hall–Kier alpha value is -1.86. The van der Waals surface area contributed by atoms with E-state index in [-0.39, 0.29) is 40.4 Å². The molecule has 1 aromatic carbocycles. The molecule has 4 fully saturated rings. The number of rotatable bonds is 5. The molecule has 0 aliphatic heterocycles. The van der Waals surface area contributed by atoms with Crippen LogP contribution in [0.2, 0.25) is 0 Å². The van der Waals surface area contributed by atoms with E-state index in [1.54, 1.807) is 0 Å². The second-order valence-corrected chi connectivity index (χ2v) is 13.5. The lowest BCUT2D eigenvalue weighted by Gasteiger charge is -2.62. The lowest BCUT2D eigenvalue weighted by Crippen LogP contribution is -2.58. The van der Waals surface area contributed by atoms with Crippen LogP contribution in [-0.4, -0.2) is 45.2 Å². The van der Waals surface area contributed by atoms with Gasteiger partial charge in [0.05, 0.1) is 12.2 Å². The molecule has 202 valence electrons. The summed E-state index contributed by atoms with van der Waals surface area (Å²) in [5.74, 6) is 2.10. The molecule has 0 radical (unpaired) electrons. The Labute approximate surface area is 219 Å². The van der Waals surface area contributed by atoms with Crippen molar-refractivity contribution < 1.29 is 19.0 Å². The van der Waals surface area contributed by atoms with E-state index in [4.69, 9.17) is 4.74 Å². The van der Waals surface area contributed by atoms with Crippen LogP contribution in [0.25, 0.3) is 11.0 Å². The number of carbonyl (C=O) groups excluding carboxylic acids is 1. The molecule has 4 aliphatic rings. The Bertz CT molecular complexity index is 1210. The SMILES string of the molecule is COC[C@]12CC[C@@](C)(O)C[C@@H]1CC[C@H]1[C@@H]3CC[C@H](C(=O)Cn4nc5cc(C)cc(F)c5n4)[C@@]3(C)CC[C@@H]12.